The Bertz CT molecular complexity index is 553. The predicted octanol–water partition coefficient (Wildman–Crippen LogP) is 2.52. The molecule has 1 aliphatic carbocycles. The maximum absolute atomic E-state index is 12.2. The first-order valence-corrected chi connectivity index (χ1v) is 7.24. The van der Waals surface area contributed by atoms with E-state index in [9.17, 15) is 4.79 Å². The number of aryl methyl sites for hydroxylation is 2. The predicted molar refractivity (Wildman–Crippen MR) is 80.4 cm³/mol. The van der Waals surface area contributed by atoms with E-state index < -0.39 is 0 Å². The third-order valence-corrected chi connectivity index (χ3v) is 4.37. The van der Waals surface area contributed by atoms with Gasteiger partial charge in [-0.2, -0.15) is 0 Å². The number of amides is 1. The Hall–Kier alpha value is -1.42. The van der Waals surface area contributed by atoms with E-state index in [1.165, 1.54) is 17.5 Å². The maximum Gasteiger partial charge on any atom is 0.252 e. The number of carbonyl (C=O) groups excluding carboxylic acids is 1. The van der Waals surface area contributed by atoms with Crippen molar-refractivity contribution in [1.29, 1.82) is 0 Å². The number of rotatable bonds is 2. The molecule has 4 heteroatoms. The summed E-state index contributed by atoms with van der Waals surface area (Å²) in [6.45, 7) is 4.52. The van der Waals surface area contributed by atoms with Gasteiger partial charge in [-0.3, -0.25) is 9.69 Å². The fourth-order valence-electron chi connectivity index (χ4n) is 2.87. The Morgan fingerprint density at radius 1 is 1.21 bits per heavy atom. The Morgan fingerprint density at radius 3 is 2.63 bits per heavy atom. The minimum atomic E-state index is 0.0802. The Morgan fingerprint density at radius 2 is 1.95 bits per heavy atom. The zero-order valence-corrected chi connectivity index (χ0v) is 12.2. The fraction of sp³-hybridized carbons (Fsp3) is 0.467. The summed E-state index contributed by atoms with van der Waals surface area (Å²) in [6.07, 6.45) is 3.49. The van der Waals surface area contributed by atoms with Crippen molar-refractivity contribution in [3.05, 3.63) is 29.3 Å². The molecule has 0 spiro atoms. The van der Waals surface area contributed by atoms with Crippen LogP contribution in [0.1, 0.15) is 31.4 Å². The van der Waals surface area contributed by atoms with Gasteiger partial charge in [0.05, 0.1) is 5.69 Å². The second-order valence-electron chi connectivity index (χ2n) is 5.54. The monoisotopic (exact) mass is 274 g/mol. The molecule has 1 amide bonds. The molecule has 0 atom stereocenters. The molecule has 0 N–H and O–H groups in total. The second-order valence-corrected chi connectivity index (χ2v) is 5.91. The van der Waals surface area contributed by atoms with Crippen molar-refractivity contribution in [3.63, 3.8) is 0 Å². The molecule has 1 aliphatic heterocycles. The molecular weight excluding hydrogens is 256 g/mol. The van der Waals surface area contributed by atoms with Gasteiger partial charge in [0.1, 0.15) is 6.54 Å². The van der Waals surface area contributed by atoms with E-state index in [0.29, 0.717) is 11.7 Å². The first-order chi connectivity index (χ1) is 9.08. The number of thiocarbonyl (C=S) groups is 1. The first-order valence-electron chi connectivity index (χ1n) is 6.83. The second kappa shape index (κ2) is 4.60. The zero-order chi connectivity index (χ0) is 13.6. The van der Waals surface area contributed by atoms with Gasteiger partial charge in [0.2, 0.25) is 0 Å². The number of benzene rings is 1. The van der Waals surface area contributed by atoms with Crippen molar-refractivity contribution >= 4 is 28.9 Å². The molecule has 2 aliphatic rings. The Balaban J connectivity index is 1.94. The highest BCUT2D eigenvalue weighted by atomic mass is 32.1. The third kappa shape index (κ3) is 2.04. The Kier molecular flexibility index (Phi) is 3.05. The molecule has 1 saturated heterocycles. The van der Waals surface area contributed by atoms with Crippen LogP contribution in [0.15, 0.2) is 18.2 Å². The van der Waals surface area contributed by atoms with Gasteiger partial charge in [-0.15, -0.1) is 0 Å². The normalized spacial score (nSPS) is 18.7. The van der Waals surface area contributed by atoms with E-state index in [1.807, 2.05) is 11.0 Å². The lowest BCUT2D eigenvalue weighted by molar-refractivity contribution is -0.116. The lowest BCUT2D eigenvalue weighted by atomic mass is 10.1. The molecule has 1 heterocycles. The standard InChI is InChI=1S/C15H18N2OS/c1-10(2)16-9-14(18)17(15(16)19)13-7-6-11-4-3-5-12(11)8-13/h6-8,10H,3-5,9H2,1-2H3. The van der Waals surface area contributed by atoms with E-state index in [4.69, 9.17) is 12.2 Å². The number of hydrogen-bond donors (Lipinski definition) is 0. The molecule has 1 aromatic carbocycles. The van der Waals surface area contributed by atoms with Gasteiger partial charge in [0, 0.05) is 6.04 Å². The van der Waals surface area contributed by atoms with Crippen LogP contribution in [-0.2, 0) is 17.6 Å². The van der Waals surface area contributed by atoms with Gasteiger partial charge in [-0.25, -0.2) is 0 Å². The third-order valence-electron chi connectivity index (χ3n) is 3.96. The minimum Gasteiger partial charge on any atom is -0.337 e. The average molecular weight is 274 g/mol. The van der Waals surface area contributed by atoms with Gasteiger partial charge in [-0.1, -0.05) is 6.07 Å². The molecule has 1 aromatic rings. The molecule has 0 unspecified atom stereocenters. The number of anilines is 1. The summed E-state index contributed by atoms with van der Waals surface area (Å²) >= 11 is 5.46. The van der Waals surface area contributed by atoms with Crippen LogP contribution < -0.4 is 4.90 Å². The van der Waals surface area contributed by atoms with E-state index in [0.717, 1.165) is 18.5 Å². The van der Waals surface area contributed by atoms with Gasteiger partial charge in [-0.05, 0) is 68.6 Å². The van der Waals surface area contributed by atoms with Crippen LogP contribution in [0.2, 0.25) is 0 Å². The summed E-state index contributed by atoms with van der Waals surface area (Å²) in [6, 6.07) is 6.57. The topological polar surface area (TPSA) is 23.6 Å². The highest BCUT2D eigenvalue weighted by Crippen LogP contribution is 2.29. The summed E-state index contributed by atoms with van der Waals surface area (Å²) in [5.41, 5.74) is 3.72. The molecular formula is C15H18N2OS. The molecule has 0 aromatic heterocycles. The van der Waals surface area contributed by atoms with Crippen LogP contribution in [0, 0.1) is 0 Å². The van der Waals surface area contributed by atoms with Crippen LogP contribution in [0.25, 0.3) is 0 Å². The van der Waals surface area contributed by atoms with Crippen LogP contribution in [-0.4, -0.2) is 28.5 Å². The minimum absolute atomic E-state index is 0.0802. The first kappa shape index (κ1) is 12.6. The summed E-state index contributed by atoms with van der Waals surface area (Å²) in [5, 5.41) is 0.637. The summed E-state index contributed by atoms with van der Waals surface area (Å²) in [4.78, 5) is 15.9. The molecule has 3 rings (SSSR count). The lowest BCUT2D eigenvalue weighted by Crippen LogP contribution is -2.36. The van der Waals surface area contributed by atoms with E-state index in [1.54, 1.807) is 4.90 Å². The van der Waals surface area contributed by atoms with Crippen LogP contribution >= 0.6 is 12.2 Å². The molecule has 1 fully saturated rings. The summed E-state index contributed by atoms with van der Waals surface area (Å²) in [5.74, 6) is 0.0802. The van der Waals surface area contributed by atoms with E-state index in [2.05, 4.69) is 26.0 Å². The molecule has 100 valence electrons. The summed E-state index contributed by atoms with van der Waals surface area (Å²) < 4.78 is 0. The Labute approximate surface area is 119 Å². The zero-order valence-electron chi connectivity index (χ0n) is 11.3. The van der Waals surface area contributed by atoms with Gasteiger partial charge < -0.3 is 4.90 Å². The van der Waals surface area contributed by atoms with Gasteiger partial charge in [0.25, 0.3) is 5.91 Å². The fourth-order valence-corrected chi connectivity index (χ4v) is 3.36. The lowest BCUT2D eigenvalue weighted by Gasteiger charge is -2.23. The van der Waals surface area contributed by atoms with Crippen molar-refractivity contribution in [2.75, 3.05) is 11.4 Å². The summed E-state index contributed by atoms with van der Waals surface area (Å²) in [7, 11) is 0. The quantitative estimate of drug-likeness (QED) is 0.774. The highest BCUT2D eigenvalue weighted by molar-refractivity contribution is 7.80. The molecule has 0 radical (unpaired) electrons. The number of nitrogens with zero attached hydrogens (tertiary/aromatic N) is 2. The van der Waals surface area contributed by atoms with Crippen molar-refractivity contribution in [2.24, 2.45) is 0 Å². The number of fused-ring (bicyclic) bond motifs is 1. The van der Waals surface area contributed by atoms with Gasteiger partial charge in [0.15, 0.2) is 5.11 Å². The molecule has 0 bridgehead atoms. The molecule has 3 nitrogen and oxygen atoms in total. The molecule has 19 heavy (non-hydrogen) atoms. The van der Waals surface area contributed by atoms with Gasteiger partial charge >= 0.3 is 0 Å². The highest BCUT2D eigenvalue weighted by Gasteiger charge is 2.35. The van der Waals surface area contributed by atoms with E-state index >= 15 is 0 Å². The van der Waals surface area contributed by atoms with Crippen molar-refractivity contribution in [2.45, 2.75) is 39.2 Å². The van der Waals surface area contributed by atoms with Crippen LogP contribution in [0.3, 0.4) is 0 Å². The molecule has 0 saturated carbocycles. The number of hydrogen-bond acceptors (Lipinski definition) is 2. The average Bonchev–Trinajstić information content (AvgIpc) is 2.93. The smallest absolute Gasteiger partial charge is 0.252 e. The van der Waals surface area contributed by atoms with Crippen LogP contribution in [0.5, 0.6) is 0 Å². The van der Waals surface area contributed by atoms with Crippen molar-refractivity contribution in [1.82, 2.24) is 4.90 Å². The van der Waals surface area contributed by atoms with Crippen molar-refractivity contribution < 1.29 is 4.79 Å². The maximum atomic E-state index is 12.2. The SMILES string of the molecule is CC(C)N1CC(=O)N(c2ccc3c(c2)CCC3)C1=S. The largest absolute Gasteiger partial charge is 0.337 e. The van der Waals surface area contributed by atoms with Crippen LogP contribution in [0.4, 0.5) is 5.69 Å². The van der Waals surface area contributed by atoms with Crippen molar-refractivity contribution in [3.8, 4) is 0 Å². The number of carbonyl (C=O) groups is 1. The van der Waals surface area contributed by atoms with E-state index in [-0.39, 0.29) is 11.9 Å².